The van der Waals surface area contributed by atoms with Gasteiger partial charge in [-0.2, -0.15) is 0 Å². The molecule has 2 rings (SSSR count). The predicted molar refractivity (Wildman–Crippen MR) is 94.0 cm³/mol. The quantitative estimate of drug-likeness (QED) is 0.789. The van der Waals surface area contributed by atoms with Gasteiger partial charge < -0.3 is 5.73 Å². The van der Waals surface area contributed by atoms with E-state index in [0.29, 0.717) is 0 Å². The molecule has 1 heterocycles. The predicted octanol–water partition coefficient (Wildman–Crippen LogP) is 4.77. The Labute approximate surface area is 138 Å². The van der Waals surface area contributed by atoms with Gasteiger partial charge in [-0.1, -0.05) is 38.3 Å². The highest BCUT2D eigenvalue weighted by atomic mass is 35.5. The first-order chi connectivity index (χ1) is 9.97. The Hall–Kier alpha value is -0.0900. The van der Waals surface area contributed by atoms with Gasteiger partial charge in [-0.15, -0.1) is 11.3 Å². The summed E-state index contributed by atoms with van der Waals surface area (Å²) in [5.74, 6) is 1.66. The van der Waals surface area contributed by atoms with Crippen LogP contribution in [0.3, 0.4) is 0 Å². The summed E-state index contributed by atoms with van der Waals surface area (Å²) in [5, 5.41) is 0. The van der Waals surface area contributed by atoms with Crippen LogP contribution in [0.5, 0.6) is 0 Å². The largest absolute Gasteiger partial charge is 0.329 e. The smallest absolute Gasteiger partial charge is 0.0931 e. The van der Waals surface area contributed by atoms with Crippen molar-refractivity contribution in [3.05, 3.63) is 21.3 Å². The van der Waals surface area contributed by atoms with Crippen LogP contribution in [0.2, 0.25) is 4.34 Å². The van der Waals surface area contributed by atoms with Crippen LogP contribution >= 0.6 is 22.9 Å². The highest BCUT2D eigenvalue weighted by Gasteiger charge is 2.36. The number of likely N-dealkylation sites (N-methyl/N-ethyl adjacent to an activating group) is 1. The fraction of sp³-hybridized carbons (Fsp3) is 0.765. The molecule has 0 saturated heterocycles. The summed E-state index contributed by atoms with van der Waals surface area (Å²) < 4.78 is 0.876. The molecule has 21 heavy (non-hydrogen) atoms. The minimum atomic E-state index is 0.167. The fourth-order valence-electron chi connectivity index (χ4n) is 3.66. The molecule has 2 N–H and O–H groups in total. The van der Waals surface area contributed by atoms with Gasteiger partial charge in [-0.25, -0.2) is 0 Å². The second kappa shape index (κ2) is 7.45. The third kappa shape index (κ3) is 4.22. The lowest BCUT2D eigenvalue weighted by Crippen LogP contribution is -2.51. The van der Waals surface area contributed by atoms with E-state index in [0.717, 1.165) is 29.3 Å². The number of halogens is 1. The van der Waals surface area contributed by atoms with E-state index < -0.39 is 0 Å². The van der Waals surface area contributed by atoms with Crippen molar-refractivity contribution >= 4 is 22.9 Å². The molecule has 2 unspecified atom stereocenters. The summed E-state index contributed by atoms with van der Waals surface area (Å²) >= 11 is 7.74. The zero-order chi connectivity index (χ0) is 15.5. The van der Waals surface area contributed by atoms with Gasteiger partial charge in [0.1, 0.15) is 0 Å². The number of nitrogens with two attached hydrogens (primary N) is 1. The van der Waals surface area contributed by atoms with Gasteiger partial charge in [-0.05, 0) is 50.3 Å². The number of hydrogen-bond donors (Lipinski definition) is 1. The van der Waals surface area contributed by atoms with Crippen molar-refractivity contribution < 1.29 is 0 Å². The van der Waals surface area contributed by atoms with Crippen LogP contribution in [0, 0.1) is 11.8 Å². The molecule has 1 aliphatic carbocycles. The van der Waals surface area contributed by atoms with Gasteiger partial charge in [-0.3, -0.25) is 4.90 Å². The van der Waals surface area contributed by atoms with Crippen LogP contribution in [0.25, 0.3) is 0 Å². The highest BCUT2D eigenvalue weighted by Crippen LogP contribution is 2.37. The van der Waals surface area contributed by atoms with E-state index in [1.807, 2.05) is 6.07 Å². The molecule has 0 spiro atoms. The van der Waals surface area contributed by atoms with Crippen molar-refractivity contribution in [3.63, 3.8) is 0 Å². The Morgan fingerprint density at radius 1 is 1.38 bits per heavy atom. The van der Waals surface area contributed by atoms with E-state index >= 15 is 0 Å². The van der Waals surface area contributed by atoms with E-state index in [1.54, 1.807) is 11.3 Å². The van der Waals surface area contributed by atoms with Crippen LogP contribution in [0.1, 0.15) is 50.8 Å². The lowest BCUT2D eigenvalue weighted by atomic mass is 9.85. The summed E-state index contributed by atoms with van der Waals surface area (Å²) in [6, 6.07) is 4.13. The zero-order valence-electron chi connectivity index (χ0n) is 13.6. The van der Waals surface area contributed by atoms with Gasteiger partial charge in [0.25, 0.3) is 0 Å². The summed E-state index contributed by atoms with van der Waals surface area (Å²) in [7, 11) is 2.23. The summed E-state index contributed by atoms with van der Waals surface area (Å²) in [6.07, 6.45) is 6.42. The second-order valence-electron chi connectivity index (χ2n) is 6.93. The maximum atomic E-state index is 6.22. The summed E-state index contributed by atoms with van der Waals surface area (Å²) in [4.78, 5) is 3.82. The Morgan fingerprint density at radius 2 is 2.14 bits per heavy atom. The zero-order valence-corrected chi connectivity index (χ0v) is 15.1. The van der Waals surface area contributed by atoms with Crippen LogP contribution < -0.4 is 5.73 Å². The van der Waals surface area contributed by atoms with E-state index in [4.69, 9.17) is 17.3 Å². The second-order valence-corrected chi connectivity index (χ2v) is 8.72. The topological polar surface area (TPSA) is 29.3 Å². The normalized spacial score (nSPS) is 27.3. The maximum Gasteiger partial charge on any atom is 0.0931 e. The first-order valence-corrected chi connectivity index (χ1v) is 9.32. The van der Waals surface area contributed by atoms with E-state index in [1.165, 1.54) is 37.0 Å². The first-order valence-electron chi connectivity index (χ1n) is 8.12. The third-order valence-electron chi connectivity index (χ3n) is 5.35. The highest BCUT2D eigenvalue weighted by molar-refractivity contribution is 7.16. The molecular weight excluding hydrogens is 300 g/mol. The van der Waals surface area contributed by atoms with Gasteiger partial charge in [0, 0.05) is 23.5 Å². The van der Waals surface area contributed by atoms with Gasteiger partial charge >= 0.3 is 0 Å². The van der Waals surface area contributed by atoms with Crippen molar-refractivity contribution in [3.8, 4) is 0 Å². The van der Waals surface area contributed by atoms with Crippen molar-refractivity contribution in [2.75, 3.05) is 13.6 Å². The van der Waals surface area contributed by atoms with Gasteiger partial charge in [0.15, 0.2) is 0 Å². The molecule has 2 atom stereocenters. The van der Waals surface area contributed by atoms with Gasteiger partial charge in [0.2, 0.25) is 0 Å². The van der Waals surface area contributed by atoms with Crippen LogP contribution in [0.15, 0.2) is 12.1 Å². The number of hydrogen-bond acceptors (Lipinski definition) is 3. The standard InChI is InChI=1S/C17H29ClN2S/c1-13(2)14-5-4-9-17(12-19,10-8-14)20(3)11-15-6-7-16(18)21-15/h6-7,13-14H,4-5,8-12,19H2,1-3H3. The van der Waals surface area contributed by atoms with Crippen molar-refractivity contribution in [2.45, 2.75) is 58.0 Å². The Morgan fingerprint density at radius 3 is 2.71 bits per heavy atom. The molecule has 1 aromatic heterocycles. The fourth-order valence-corrected chi connectivity index (χ4v) is 4.80. The molecule has 0 aromatic carbocycles. The molecule has 0 bridgehead atoms. The van der Waals surface area contributed by atoms with Crippen LogP contribution in [-0.4, -0.2) is 24.0 Å². The lowest BCUT2D eigenvalue weighted by molar-refractivity contribution is 0.0986. The molecule has 0 amide bonds. The Kier molecular flexibility index (Phi) is 6.13. The Bertz CT molecular complexity index is 446. The van der Waals surface area contributed by atoms with E-state index in [9.17, 15) is 0 Å². The summed E-state index contributed by atoms with van der Waals surface area (Å²) in [6.45, 7) is 6.43. The molecule has 1 saturated carbocycles. The van der Waals surface area contributed by atoms with Crippen molar-refractivity contribution in [1.29, 1.82) is 0 Å². The lowest BCUT2D eigenvalue weighted by Gasteiger charge is -2.41. The number of thiophene rings is 1. The molecule has 2 nitrogen and oxygen atoms in total. The number of rotatable bonds is 5. The number of nitrogens with zero attached hydrogens (tertiary/aromatic N) is 1. The molecule has 4 heteroatoms. The molecule has 0 aliphatic heterocycles. The maximum absolute atomic E-state index is 6.22. The third-order valence-corrected chi connectivity index (χ3v) is 6.57. The van der Waals surface area contributed by atoms with Crippen molar-refractivity contribution in [1.82, 2.24) is 4.90 Å². The molecule has 1 aliphatic rings. The van der Waals surface area contributed by atoms with Crippen LogP contribution in [-0.2, 0) is 6.54 Å². The first kappa shape index (κ1) is 17.3. The van der Waals surface area contributed by atoms with Crippen LogP contribution in [0.4, 0.5) is 0 Å². The molecular formula is C17H29ClN2S. The molecule has 1 fully saturated rings. The molecule has 0 radical (unpaired) electrons. The SMILES string of the molecule is CC(C)C1CCCC(CN)(N(C)Cc2ccc(Cl)s2)CC1. The van der Waals surface area contributed by atoms with E-state index in [-0.39, 0.29) is 5.54 Å². The summed E-state index contributed by atoms with van der Waals surface area (Å²) in [5.41, 5.74) is 6.39. The Balaban J connectivity index is 2.05. The molecule has 1 aromatic rings. The average molecular weight is 329 g/mol. The minimum absolute atomic E-state index is 0.167. The minimum Gasteiger partial charge on any atom is -0.329 e. The van der Waals surface area contributed by atoms with Crippen molar-refractivity contribution in [2.24, 2.45) is 17.6 Å². The monoisotopic (exact) mass is 328 g/mol. The average Bonchev–Trinajstić information content (AvgIpc) is 2.74. The molecule has 120 valence electrons. The van der Waals surface area contributed by atoms with E-state index in [2.05, 4.69) is 31.9 Å². The van der Waals surface area contributed by atoms with Gasteiger partial charge in [0.05, 0.1) is 4.34 Å².